The van der Waals surface area contributed by atoms with Gasteiger partial charge < -0.3 is 14.6 Å². The van der Waals surface area contributed by atoms with Gasteiger partial charge in [0.1, 0.15) is 11.3 Å². The molecule has 0 aliphatic heterocycles. The molecule has 0 saturated carbocycles. The van der Waals surface area contributed by atoms with E-state index in [9.17, 15) is 9.59 Å². The van der Waals surface area contributed by atoms with Gasteiger partial charge in [-0.1, -0.05) is 18.5 Å². The number of hydrogen-bond donors (Lipinski definition) is 1. The number of carbonyl (C=O) groups is 2. The quantitative estimate of drug-likeness (QED) is 0.804. The highest BCUT2D eigenvalue weighted by Crippen LogP contribution is 2.15. The molecule has 0 aliphatic rings. The second-order valence-electron chi connectivity index (χ2n) is 4.35. The summed E-state index contributed by atoms with van der Waals surface area (Å²) in [5, 5.41) is 6.24. The third-order valence-electron chi connectivity index (χ3n) is 2.64. The Balaban J connectivity index is 2.84. The predicted octanol–water partition coefficient (Wildman–Crippen LogP) is 1.44. The van der Waals surface area contributed by atoms with Gasteiger partial charge in [0.05, 0.1) is 7.11 Å². The van der Waals surface area contributed by atoms with Crippen LogP contribution in [0, 0.1) is 6.92 Å². The first-order valence-electron chi connectivity index (χ1n) is 5.77. The lowest BCUT2D eigenvalue weighted by molar-refractivity contribution is -0.147. The molecule has 0 spiro atoms. The predicted molar refractivity (Wildman–Crippen MR) is 64.0 cm³/mol. The van der Waals surface area contributed by atoms with Crippen molar-refractivity contribution < 1.29 is 18.8 Å². The highest BCUT2D eigenvalue weighted by atomic mass is 16.5. The van der Waals surface area contributed by atoms with Crippen molar-refractivity contribution in [2.45, 2.75) is 39.2 Å². The van der Waals surface area contributed by atoms with E-state index in [1.807, 2.05) is 6.92 Å². The van der Waals surface area contributed by atoms with Crippen molar-refractivity contribution in [1.82, 2.24) is 10.5 Å². The minimum atomic E-state index is -1.05. The lowest BCUT2D eigenvalue weighted by atomic mass is 9.96. The van der Waals surface area contributed by atoms with Gasteiger partial charge in [-0.05, 0) is 20.3 Å². The third kappa shape index (κ3) is 3.09. The van der Waals surface area contributed by atoms with Crippen LogP contribution < -0.4 is 5.32 Å². The lowest BCUT2D eigenvalue weighted by Crippen LogP contribution is -2.52. The molecule has 18 heavy (non-hydrogen) atoms. The van der Waals surface area contributed by atoms with Crippen LogP contribution in [-0.4, -0.2) is 29.7 Å². The normalized spacial score (nSPS) is 13.8. The first kappa shape index (κ1) is 14.2. The van der Waals surface area contributed by atoms with Crippen molar-refractivity contribution in [3.05, 3.63) is 17.5 Å². The number of nitrogens with zero attached hydrogens (tertiary/aromatic N) is 1. The van der Waals surface area contributed by atoms with Crippen molar-refractivity contribution in [2.75, 3.05) is 7.11 Å². The molecule has 1 aromatic heterocycles. The van der Waals surface area contributed by atoms with Crippen LogP contribution in [-0.2, 0) is 9.53 Å². The number of amides is 1. The molecule has 0 fully saturated rings. The Bertz CT molecular complexity index is 441. The topological polar surface area (TPSA) is 81.4 Å². The maximum absolute atomic E-state index is 11.9. The van der Waals surface area contributed by atoms with Crippen LogP contribution in [0.25, 0.3) is 0 Å². The summed E-state index contributed by atoms with van der Waals surface area (Å²) in [7, 11) is 1.29. The molecule has 0 radical (unpaired) electrons. The Hall–Kier alpha value is -1.85. The zero-order valence-corrected chi connectivity index (χ0v) is 11.1. The minimum Gasteiger partial charge on any atom is -0.467 e. The summed E-state index contributed by atoms with van der Waals surface area (Å²) in [6.07, 6.45) is 1.23. The highest BCUT2D eigenvalue weighted by molar-refractivity contribution is 5.96. The van der Waals surface area contributed by atoms with E-state index in [2.05, 4.69) is 10.5 Å². The van der Waals surface area contributed by atoms with Crippen molar-refractivity contribution in [3.63, 3.8) is 0 Å². The van der Waals surface area contributed by atoms with E-state index in [0.29, 0.717) is 12.2 Å². The van der Waals surface area contributed by atoms with Gasteiger partial charge >= 0.3 is 5.97 Å². The van der Waals surface area contributed by atoms with Gasteiger partial charge in [-0.2, -0.15) is 0 Å². The van der Waals surface area contributed by atoms with Gasteiger partial charge in [-0.3, -0.25) is 4.79 Å². The molecule has 1 atom stereocenters. The van der Waals surface area contributed by atoms with E-state index >= 15 is 0 Å². The second kappa shape index (κ2) is 5.66. The molecule has 1 rings (SSSR count). The summed E-state index contributed by atoms with van der Waals surface area (Å²) in [5.41, 5.74) is -0.897. The van der Waals surface area contributed by atoms with E-state index in [4.69, 9.17) is 9.26 Å². The molecule has 1 N–H and O–H groups in total. The molecule has 0 saturated heterocycles. The van der Waals surface area contributed by atoms with Crippen LogP contribution in [0.5, 0.6) is 0 Å². The van der Waals surface area contributed by atoms with Crippen molar-refractivity contribution in [2.24, 2.45) is 0 Å². The number of aromatic nitrogens is 1. The summed E-state index contributed by atoms with van der Waals surface area (Å²) in [6.45, 7) is 5.25. The third-order valence-corrected chi connectivity index (χ3v) is 2.64. The monoisotopic (exact) mass is 254 g/mol. The number of rotatable bonds is 5. The molecule has 0 bridgehead atoms. The number of nitrogens with one attached hydrogen (secondary N) is 1. The number of aryl methyl sites for hydroxylation is 1. The summed E-state index contributed by atoms with van der Waals surface area (Å²) < 4.78 is 9.53. The van der Waals surface area contributed by atoms with Crippen molar-refractivity contribution in [3.8, 4) is 0 Å². The summed E-state index contributed by atoms with van der Waals surface area (Å²) in [6, 6.07) is 1.51. The van der Waals surface area contributed by atoms with E-state index in [1.165, 1.54) is 13.2 Å². The fourth-order valence-electron chi connectivity index (χ4n) is 1.73. The van der Waals surface area contributed by atoms with Crippen LogP contribution in [0.1, 0.15) is 42.9 Å². The molecule has 0 aliphatic carbocycles. The molecule has 1 amide bonds. The second-order valence-corrected chi connectivity index (χ2v) is 4.35. The zero-order chi connectivity index (χ0) is 13.8. The highest BCUT2D eigenvalue weighted by Gasteiger charge is 2.35. The average Bonchev–Trinajstić information content (AvgIpc) is 2.75. The Labute approximate surface area is 106 Å². The van der Waals surface area contributed by atoms with E-state index in [-0.39, 0.29) is 5.69 Å². The maximum Gasteiger partial charge on any atom is 0.331 e. The van der Waals surface area contributed by atoms with Crippen LogP contribution in [0.4, 0.5) is 0 Å². The van der Waals surface area contributed by atoms with Crippen molar-refractivity contribution >= 4 is 11.9 Å². The Morgan fingerprint density at radius 1 is 1.56 bits per heavy atom. The fraction of sp³-hybridized carbons (Fsp3) is 0.583. The molecular formula is C12H18N2O4. The van der Waals surface area contributed by atoms with Gasteiger partial charge in [-0.15, -0.1) is 0 Å². The Morgan fingerprint density at radius 3 is 2.67 bits per heavy atom. The molecule has 1 heterocycles. The lowest BCUT2D eigenvalue weighted by Gasteiger charge is -2.26. The van der Waals surface area contributed by atoms with Crippen LogP contribution in [0.15, 0.2) is 10.6 Å². The number of hydrogen-bond acceptors (Lipinski definition) is 5. The van der Waals surface area contributed by atoms with Gasteiger partial charge in [0, 0.05) is 6.07 Å². The molecule has 1 aromatic rings. The number of carbonyl (C=O) groups excluding carboxylic acids is 2. The van der Waals surface area contributed by atoms with Crippen molar-refractivity contribution in [1.29, 1.82) is 0 Å². The summed E-state index contributed by atoms with van der Waals surface area (Å²) in [4.78, 5) is 23.6. The smallest absolute Gasteiger partial charge is 0.331 e. The first-order valence-corrected chi connectivity index (χ1v) is 5.77. The number of ether oxygens (including phenoxy) is 1. The largest absolute Gasteiger partial charge is 0.467 e. The maximum atomic E-state index is 11.9. The van der Waals surface area contributed by atoms with Gasteiger partial charge in [0.25, 0.3) is 5.91 Å². The van der Waals surface area contributed by atoms with E-state index < -0.39 is 17.4 Å². The molecule has 1 unspecified atom stereocenters. The summed E-state index contributed by atoms with van der Waals surface area (Å²) in [5.74, 6) is -0.387. The molecule has 6 nitrogen and oxygen atoms in total. The molecule has 100 valence electrons. The van der Waals surface area contributed by atoms with Gasteiger partial charge in [0.2, 0.25) is 0 Å². The van der Waals surface area contributed by atoms with Crippen LogP contribution in [0.3, 0.4) is 0 Å². The van der Waals surface area contributed by atoms with E-state index in [1.54, 1.807) is 13.8 Å². The van der Waals surface area contributed by atoms with Gasteiger partial charge in [0.15, 0.2) is 5.69 Å². The molecule has 0 aromatic carbocycles. The Kier molecular flexibility index (Phi) is 4.47. The fourth-order valence-corrected chi connectivity index (χ4v) is 1.73. The first-order chi connectivity index (χ1) is 8.42. The molecular weight excluding hydrogens is 236 g/mol. The SMILES string of the molecule is CCCC(C)(NC(=O)c1cc(C)on1)C(=O)OC. The number of esters is 1. The number of methoxy groups -OCH3 is 1. The summed E-state index contributed by atoms with van der Waals surface area (Å²) >= 11 is 0. The average molecular weight is 254 g/mol. The van der Waals surface area contributed by atoms with Crippen LogP contribution >= 0.6 is 0 Å². The Morgan fingerprint density at radius 2 is 2.22 bits per heavy atom. The van der Waals surface area contributed by atoms with Gasteiger partial charge in [-0.25, -0.2) is 4.79 Å². The standard InChI is InChI=1S/C12H18N2O4/c1-5-6-12(3,11(16)17-4)13-10(15)9-7-8(2)18-14-9/h7H,5-6H2,1-4H3,(H,13,15). The van der Waals surface area contributed by atoms with Crippen LogP contribution in [0.2, 0.25) is 0 Å². The zero-order valence-electron chi connectivity index (χ0n) is 11.1. The minimum absolute atomic E-state index is 0.152. The molecule has 6 heteroatoms. The van der Waals surface area contributed by atoms with E-state index in [0.717, 1.165) is 6.42 Å².